The molecule has 1 N–H and O–H groups in total. The van der Waals surface area contributed by atoms with Crippen LogP contribution in [0.1, 0.15) is 40.0 Å². The fourth-order valence-electron chi connectivity index (χ4n) is 3.49. The van der Waals surface area contributed by atoms with Crippen LogP contribution < -0.4 is 10.1 Å². The van der Waals surface area contributed by atoms with Crippen LogP contribution in [-0.4, -0.2) is 23.5 Å². The van der Waals surface area contributed by atoms with E-state index in [-0.39, 0.29) is 30.0 Å². The van der Waals surface area contributed by atoms with Crippen LogP contribution in [-0.2, 0) is 4.79 Å². The minimum atomic E-state index is -0.509. The molecule has 1 fully saturated rings. The van der Waals surface area contributed by atoms with Crippen molar-refractivity contribution >= 4 is 11.6 Å². The molecule has 0 unspecified atom stereocenters. The number of nitrogens with zero attached hydrogens (tertiary/aromatic N) is 1. The van der Waals surface area contributed by atoms with Crippen molar-refractivity contribution in [3.05, 3.63) is 34.4 Å². The van der Waals surface area contributed by atoms with Crippen molar-refractivity contribution in [2.45, 2.75) is 46.1 Å². The molecule has 1 aromatic carbocycles. The Kier molecular flexibility index (Phi) is 6.17. The van der Waals surface area contributed by atoms with Crippen LogP contribution in [0.4, 0.5) is 5.69 Å². The summed E-state index contributed by atoms with van der Waals surface area (Å²) >= 11 is 0. The van der Waals surface area contributed by atoms with E-state index in [9.17, 15) is 14.9 Å². The van der Waals surface area contributed by atoms with Crippen molar-refractivity contribution in [1.29, 1.82) is 0 Å². The first-order chi connectivity index (χ1) is 11.4. The molecule has 1 saturated carbocycles. The number of nitro groups is 1. The second-order valence-electron chi connectivity index (χ2n) is 7.01. The van der Waals surface area contributed by atoms with Crippen molar-refractivity contribution in [3.8, 4) is 5.75 Å². The normalized spacial score (nSPS) is 23.8. The lowest BCUT2D eigenvalue weighted by Gasteiger charge is -2.37. The molecule has 24 heavy (non-hydrogen) atoms. The van der Waals surface area contributed by atoms with Gasteiger partial charge in [0.05, 0.1) is 4.92 Å². The Labute approximate surface area is 142 Å². The van der Waals surface area contributed by atoms with Gasteiger partial charge >= 0.3 is 5.69 Å². The van der Waals surface area contributed by atoms with Crippen molar-refractivity contribution < 1.29 is 14.5 Å². The number of benzene rings is 1. The van der Waals surface area contributed by atoms with Crippen molar-refractivity contribution in [1.82, 2.24) is 5.32 Å². The maximum Gasteiger partial charge on any atom is 0.310 e. The van der Waals surface area contributed by atoms with Crippen LogP contribution in [0.5, 0.6) is 5.75 Å². The van der Waals surface area contributed by atoms with Gasteiger partial charge in [0.25, 0.3) is 5.91 Å². The Morgan fingerprint density at radius 3 is 2.75 bits per heavy atom. The largest absolute Gasteiger partial charge is 0.477 e. The molecule has 0 bridgehead atoms. The molecule has 6 nitrogen and oxygen atoms in total. The summed E-state index contributed by atoms with van der Waals surface area (Å²) in [6.45, 7) is 6.37. The van der Waals surface area contributed by atoms with Gasteiger partial charge in [-0.25, -0.2) is 0 Å². The smallest absolute Gasteiger partial charge is 0.310 e. The van der Waals surface area contributed by atoms with Gasteiger partial charge in [0.1, 0.15) is 0 Å². The SMILES string of the molecule is CC(C)[C@@H]1CC[C@@H](C)C[C@H]1NC(=O)COc1ccccc1[N+](=O)[O-]. The molecular formula is C18H26N2O4. The Bertz CT molecular complexity index is 588. The van der Waals surface area contributed by atoms with Gasteiger partial charge in [0.15, 0.2) is 12.4 Å². The van der Waals surface area contributed by atoms with E-state index < -0.39 is 4.92 Å². The molecule has 0 radical (unpaired) electrons. The summed E-state index contributed by atoms with van der Waals surface area (Å²) in [6, 6.07) is 6.24. The lowest BCUT2D eigenvalue weighted by molar-refractivity contribution is -0.385. The maximum absolute atomic E-state index is 12.2. The van der Waals surface area contributed by atoms with Gasteiger partial charge in [-0.3, -0.25) is 14.9 Å². The zero-order valence-electron chi connectivity index (χ0n) is 14.5. The van der Waals surface area contributed by atoms with Crippen LogP contribution in [0.15, 0.2) is 24.3 Å². The average molecular weight is 334 g/mol. The Morgan fingerprint density at radius 2 is 2.08 bits per heavy atom. The first kappa shape index (κ1) is 18.2. The number of hydrogen-bond donors (Lipinski definition) is 1. The third-order valence-electron chi connectivity index (χ3n) is 4.79. The Morgan fingerprint density at radius 1 is 1.38 bits per heavy atom. The lowest BCUT2D eigenvalue weighted by atomic mass is 9.74. The minimum Gasteiger partial charge on any atom is -0.477 e. The summed E-state index contributed by atoms with van der Waals surface area (Å²) in [5.41, 5.74) is -0.128. The van der Waals surface area contributed by atoms with E-state index in [2.05, 4.69) is 26.1 Å². The number of nitrogens with one attached hydrogen (secondary N) is 1. The predicted molar refractivity (Wildman–Crippen MR) is 91.9 cm³/mol. The number of carbonyl (C=O) groups is 1. The van der Waals surface area contributed by atoms with Crippen LogP contribution in [0, 0.1) is 27.9 Å². The molecule has 0 aliphatic heterocycles. The van der Waals surface area contributed by atoms with E-state index >= 15 is 0 Å². The second kappa shape index (κ2) is 8.13. The van der Waals surface area contributed by atoms with Crippen molar-refractivity contribution in [3.63, 3.8) is 0 Å². The summed E-state index contributed by atoms with van der Waals surface area (Å²) in [5.74, 6) is 1.48. The lowest BCUT2D eigenvalue weighted by Crippen LogP contribution is -2.47. The van der Waals surface area contributed by atoms with Crippen LogP contribution in [0.3, 0.4) is 0 Å². The highest BCUT2D eigenvalue weighted by Gasteiger charge is 2.31. The number of para-hydroxylation sites is 2. The standard InChI is InChI=1S/C18H26N2O4/c1-12(2)14-9-8-13(3)10-15(14)19-18(21)11-24-17-7-5-4-6-16(17)20(22)23/h4-7,12-15H,8-11H2,1-3H3,(H,19,21)/t13-,14+,15-/m1/s1. The second-order valence-corrected chi connectivity index (χ2v) is 7.01. The van der Waals surface area contributed by atoms with Crippen LogP contribution in [0.25, 0.3) is 0 Å². The monoisotopic (exact) mass is 334 g/mol. The molecule has 3 atom stereocenters. The van der Waals surface area contributed by atoms with Crippen LogP contribution >= 0.6 is 0 Å². The zero-order valence-corrected chi connectivity index (χ0v) is 14.5. The number of nitro benzene ring substituents is 1. The molecular weight excluding hydrogens is 308 g/mol. The van der Waals surface area contributed by atoms with E-state index in [1.807, 2.05) is 0 Å². The number of hydrogen-bond acceptors (Lipinski definition) is 4. The van der Waals surface area contributed by atoms with E-state index in [4.69, 9.17) is 4.74 Å². The molecule has 1 aromatic rings. The quantitative estimate of drug-likeness (QED) is 0.637. The molecule has 1 amide bonds. The fraction of sp³-hybridized carbons (Fsp3) is 0.611. The molecule has 0 heterocycles. The first-order valence-electron chi connectivity index (χ1n) is 8.54. The van der Waals surface area contributed by atoms with E-state index in [0.29, 0.717) is 17.8 Å². The van der Waals surface area contributed by atoms with E-state index in [1.54, 1.807) is 12.1 Å². The third-order valence-corrected chi connectivity index (χ3v) is 4.79. The predicted octanol–water partition coefficient (Wildman–Crippen LogP) is 3.55. The third kappa shape index (κ3) is 4.69. The molecule has 132 valence electrons. The average Bonchev–Trinajstić information content (AvgIpc) is 2.53. The number of rotatable bonds is 6. The minimum absolute atomic E-state index is 0.120. The highest BCUT2D eigenvalue weighted by Crippen LogP contribution is 2.33. The van der Waals surface area contributed by atoms with Crippen LogP contribution in [0.2, 0.25) is 0 Å². The molecule has 0 saturated heterocycles. The topological polar surface area (TPSA) is 81.5 Å². The van der Waals surface area contributed by atoms with Gasteiger partial charge in [-0.05, 0) is 36.7 Å². The zero-order chi connectivity index (χ0) is 17.7. The highest BCUT2D eigenvalue weighted by atomic mass is 16.6. The van der Waals surface area contributed by atoms with Gasteiger partial charge in [0, 0.05) is 12.1 Å². The molecule has 0 spiro atoms. The number of carbonyl (C=O) groups excluding carboxylic acids is 1. The summed E-state index contributed by atoms with van der Waals surface area (Å²) in [5, 5.41) is 14.0. The van der Waals surface area contributed by atoms with Crippen molar-refractivity contribution in [2.75, 3.05) is 6.61 Å². The van der Waals surface area contributed by atoms with E-state index in [1.165, 1.54) is 18.6 Å². The Hall–Kier alpha value is -2.11. The molecule has 1 aliphatic rings. The highest BCUT2D eigenvalue weighted by molar-refractivity contribution is 5.78. The number of ether oxygens (including phenoxy) is 1. The van der Waals surface area contributed by atoms with Crippen molar-refractivity contribution in [2.24, 2.45) is 17.8 Å². The van der Waals surface area contributed by atoms with Gasteiger partial charge in [0.2, 0.25) is 0 Å². The summed E-state index contributed by atoms with van der Waals surface area (Å²) in [6.07, 6.45) is 3.29. The van der Waals surface area contributed by atoms with Gasteiger partial charge in [-0.2, -0.15) is 0 Å². The van der Waals surface area contributed by atoms with E-state index in [0.717, 1.165) is 12.8 Å². The summed E-state index contributed by atoms with van der Waals surface area (Å²) < 4.78 is 5.37. The Balaban J connectivity index is 1.94. The van der Waals surface area contributed by atoms with Gasteiger partial charge in [-0.15, -0.1) is 0 Å². The number of amides is 1. The molecule has 0 aromatic heterocycles. The maximum atomic E-state index is 12.2. The van der Waals surface area contributed by atoms with Gasteiger partial charge in [-0.1, -0.05) is 39.3 Å². The molecule has 6 heteroatoms. The first-order valence-corrected chi connectivity index (χ1v) is 8.54. The van der Waals surface area contributed by atoms with Gasteiger partial charge < -0.3 is 10.1 Å². The summed E-state index contributed by atoms with van der Waals surface area (Å²) in [4.78, 5) is 22.7. The summed E-state index contributed by atoms with van der Waals surface area (Å²) in [7, 11) is 0. The molecule has 2 rings (SSSR count). The fourth-order valence-corrected chi connectivity index (χ4v) is 3.49. The molecule has 1 aliphatic carbocycles.